The van der Waals surface area contributed by atoms with Gasteiger partial charge >= 0.3 is 0 Å². The smallest absolute Gasteiger partial charge is 0.0483 e. The quantitative estimate of drug-likeness (QED) is 0.718. The summed E-state index contributed by atoms with van der Waals surface area (Å²) in [5.41, 5.74) is 3.84. The second kappa shape index (κ2) is 5.88. The monoisotopic (exact) mass is 265 g/mol. The van der Waals surface area contributed by atoms with Crippen LogP contribution in [0.4, 0.5) is 0 Å². The first kappa shape index (κ1) is 12.9. The predicted octanol–water partition coefficient (Wildman–Crippen LogP) is 3.13. The minimum absolute atomic E-state index is 0.867. The zero-order chi connectivity index (χ0) is 13.8. The van der Waals surface area contributed by atoms with Gasteiger partial charge < -0.3 is 9.88 Å². The number of fused-ring (bicyclic) bond motifs is 1. The summed E-state index contributed by atoms with van der Waals surface area (Å²) in [6.07, 6.45) is 5.87. The van der Waals surface area contributed by atoms with Gasteiger partial charge in [0.2, 0.25) is 0 Å². The van der Waals surface area contributed by atoms with Crippen LogP contribution in [0.15, 0.2) is 55.0 Å². The van der Waals surface area contributed by atoms with E-state index in [2.05, 4.69) is 58.3 Å². The Balaban J connectivity index is 1.59. The van der Waals surface area contributed by atoms with Crippen LogP contribution in [0.2, 0.25) is 0 Å². The van der Waals surface area contributed by atoms with Crippen LogP contribution in [0.5, 0.6) is 0 Å². The summed E-state index contributed by atoms with van der Waals surface area (Å²) in [6.45, 7) is 4.93. The zero-order valence-electron chi connectivity index (χ0n) is 11.7. The van der Waals surface area contributed by atoms with Crippen molar-refractivity contribution in [1.82, 2.24) is 14.9 Å². The van der Waals surface area contributed by atoms with Gasteiger partial charge in [-0.1, -0.05) is 18.2 Å². The lowest BCUT2D eigenvalue weighted by Gasteiger charge is -2.08. The molecule has 0 spiro atoms. The molecule has 0 radical (unpaired) electrons. The Morgan fingerprint density at radius 1 is 1.20 bits per heavy atom. The van der Waals surface area contributed by atoms with E-state index in [0.717, 1.165) is 19.6 Å². The van der Waals surface area contributed by atoms with E-state index in [1.54, 1.807) is 6.20 Å². The van der Waals surface area contributed by atoms with Crippen LogP contribution in [0.3, 0.4) is 0 Å². The number of rotatable bonds is 5. The highest BCUT2D eigenvalue weighted by Gasteiger charge is 2.00. The number of nitrogens with one attached hydrogen (secondary N) is 1. The van der Waals surface area contributed by atoms with E-state index in [1.165, 1.54) is 22.0 Å². The molecule has 0 bridgehead atoms. The highest BCUT2D eigenvalue weighted by Crippen LogP contribution is 2.17. The van der Waals surface area contributed by atoms with E-state index >= 15 is 0 Å². The molecule has 0 saturated heterocycles. The van der Waals surface area contributed by atoms with Crippen molar-refractivity contribution in [3.63, 3.8) is 0 Å². The highest BCUT2D eigenvalue weighted by molar-refractivity contribution is 5.80. The predicted molar refractivity (Wildman–Crippen MR) is 82.6 cm³/mol. The fraction of sp³-hybridized carbons (Fsp3) is 0.235. The van der Waals surface area contributed by atoms with Crippen molar-refractivity contribution < 1.29 is 0 Å². The van der Waals surface area contributed by atoms with Gasteiger partial charge in [-0.3, -0.25) is 4.98 Å². The molecule has 2 aromatic heterocycles. The van der Waals surface area contributed by atoms with Gasteiger partial charge in [-0.2, -0.15) is 0 Å². The lowest BCUT2D eigenvalue weighted by atomic mass is 10.2. The van der Waals surface area contributed by atoms with Crippen LogP contribution < -0.4 is 5.32 Å². The maximum absolute atomic E-state index is 4.12. The lowest BCUT2D eigenvalue weighted by Crippen LogP contribution is -2.19. The van der Waals surface area contributed by atoms with Crippen molar-refractivity contribution in [2.75, 3.05) is 6.54 Å². The van der Waals surface area contributed by atoms with Crippen molar-refractivity contribution in [1.29, 1.82) is 0 Å². The summed E-state index contributed by atoms with van der Waals surface area (Å²) in [7, 11) is 0. The van der Waals surface area contributed by atoms with E-state index < -0.39 is 0 Å². The van der Waals surface area contributed by atoms with E-state index in [9.17, 15) is 0 Å². The molecule has 1 aromatic carbocycles. The van der Waals surface area contributed by atoms with Crippen LogP contribution >= 0.6 is 0 Å². The second-order valence-electron chi connectivity index (χ2n) is 5.11. The van der Waals surface area contributed by atoms with Gasteiger partial charge in [0.05, 0.1) is 0 Å². The first-order valence-corrected chi connectivity index (χ1v) is 6.98. The Hall–Kier alpha value is -2.13. The van der Waals surface area contributed by atoms with Crippen LogP contribution in [-0.4, -0.2) is 16.1 Å². The summed E-state index contributed by atoms with van der Waals surface area (Å²) in [4.78, 5) is 4.12. The maximum atomic E-state index is 4.12. The Morgan fingerprint density at radius 2 is 2.15 bits per heavy atom. The van der Waals surface area contributed by atoms with Crippen LogP contribution in [0.25, 0.3) is 10.9 Å². The molecule has 0 amide bonds. The molecular formula is C17H19N3. The largest absolute Gasteiger partial charge is 0.346 e. The number of aryl methyl sites for hydroxylation is 1. The number of hydrogen-bond acceptors (Lipinski definition) is 2. The zero-order valence-corrected chi connectivity index (χ0v) is 11.7. The minimum atomic E-state index is 0.867. The van der Waals surface area contributed by atoms with Gasteiger partial charge in [0.25, 0.3) is 0 Å². The third-order valence-electron chi connectivity index (χ3n) is 3.51. The van der Waals surface area contributed by atoms with E-state index in [-0.39, 0.29) is 0 Å². The van der Waals surface area contributed by atoms with Crippen molar-refractivity contribution in [2.45, 2.75) is 20.0 Å². The topological polar surface area (TPSA) is 29.9 Å². The first-order chi connectivity index (χ1) is 9.83. The van der Waals surface area contributed by atoms with Crippen molar-refractivity contribution in [3.8, 4) is 0 Å². The van der Waals surface area contributed by atoms with Crippen LogP contribution in [0.1, 0.15) is 11.1 Å². The van der Waals surface area contributed by atoms with Gasteiger partial charge in [0.15, 0.2) is 0 Å². The fourth-order valence-corrected chi connectivity index (χ4v) is 2.42. The number of benzene rings is 1. The van der Waals surface area contributed by atoms with Crippen molar-refractivity contribution in [3.05, 3.63) is 66.1 Å². The molecule has 0 aliphatic rings. The molecule has 1 N–H and O–H groups in total. The molecule has 3 heteroatoms. The maximum Gasteiger partial charge on any atom is 0.0483 e. The van der Waals surface area contributed by atoms with E-state index in [1.807, 2.05) is 12.3 Å². The summed E-state index contributed by atoms with van der Waals surface area (Å²) >= 11 is 0. The Kier molecular flexibility index (Phi) is 3.79. The lowest BCUT2D eigenvalue weighted by molar-refractivity contribution is 0.608. The summed E-state index contributed by atoms with van der Waals surface area (Å²) in [6, 6.07) is 12.8. The molecule has 0 fully saturated rings. The molecule has 20 heavy (non-hydrogen) atoms. The molecule has 3 nitrogen and oxygen atoms in total. The number of hydrogen-bond donors (Lipinski definition) is 1. The van der Waals surface area contributed by atoms with Gasteiger partial charge in [-0.05, 0) is 41.6 Å². The molecule has 0 aliphatic heterocycles. The Morgan fingerprint density at radius 3 is 3.00 bits per heavy atom. The molecule has 3 rings (SSSR count). The highest BCUT2D eigenvalue weighted by atomic mass is 15.0. The molecule has 0 saturated carbocycles. The SMILES string of the molecule is Cc1ccc2ccn(CCNCc3cccnc3)c2c1. The van der Waals surface area contributed by atoms with Gasteiger partial charge in [-0.15, -0.1) is 0 Å². The minimum Gasteiger partial charge on any atom is -0.346 e. The van der Waals surface area contributed by atoms with Crippen molar-refractivity contribution >= 4 is 10.9 Å². The summed E-state index contributed by atoms with van der Waals surface area (Å²) < 4.78 is 2.30. The molecule has 3 aromatic rings. The number of pyridine rings is 1. The molecule has 0 atom stereocenters. The molecular weight excluding hydrogens is 246 g/mol. The number of nitrogens with zero attached hydrogens (tertiary/aromatic N) is 2. The Bertz CT molecular complexity index is 686. The van der Waals surface area contributed by atoms with Crippen LogP contribution in [0, 0.1) is 6.92 Å². The number of aromatic nitrogens is 2. The summed E-state index contributed by atoms with van der Waals surface area (Å²) in [5.74, 6) is 0. The molecule has 0 unspecified atom stereocenters. The van der Waals surface area contributed by atoms with Crippen LogP contribution in [-0.2, 0) is 13.1 Å². The van der Waals surface area contributed by atoms with E-state index in [0.29, 0.717) is 0 Å². The molecule has 102 valence electrons. The average Bonchev–Trinajstić information content (AvgIpc) is 2.87. The molecule has 0 aliphatic carbocycles. The van der Waals surface area contributed by atoms with Crippen molar-refractivity contribution in [2.24, 2.45) is 0 Å². The standard InChI is InChI=1S/C17H19N3/c1-14-4-5-16-6-9-20(17(16)11-14)10-8-19-13-15-3-2-7-18-12-15/h2-7,9,11-12,19H,8,10,13H2,1H3. The average molecular weight is 265 g/mol. The first-order valence-electron chi connectivity index (χ1n) is 6.98. The Labute approximate surface area is 119 Å². The summed E-state index contributed by atoms with van der Waals surface area (Å²) in [5, 5.41) is 4.77. The second-order valence-corrected chi connectivity index (χ2v) is 5.11. The van der Waals surface area contributed by atoms with Gasteiger partial charge in [0, 0.05) is 43.7 Å². The van der Waals surface area contributed by atoms with Gasteiger partial charge in [-0.25, -0.2) is 0 Å². The fourth-order valence-electron chi connectivity index (χ4n) is 2.42. The molecule has 2 heterocycles. The van der Waals surface area contributed by atoms with Gasteiger partial charge in [0.1, 0.15) is 0 Å². The van der Waals surface area contributed by atoms with E-state index in [4.69, 9.17) is 0 Å². The third-order valence-corrected chi connectivity index (χ3v) is 3.51. The normalized spacial score (nSPS) is 11.1. The third kappa shape index (κ3) is 2.89.